The molecule has 0 aliphatic rings. The summed E-state index contributed by atoms with van der Waals surface area (Å²) in [5.74, 6) is -2.55. The summed E-state index contributed by atoms with van der Waals surface area (Å²) in [6.45, 7) is 1.24. The van der Waals surface area contributed by atoms with E-state index in [9.17, 15) is 26.8 Å². The number of benzene rings is 2. The van der Waals surface area contributed by atoms with E-state index in [1.165, 1.54) is 12.1 Å². The Morgan fingerprint density at radius 2 is 1.75 bits per heavy atom. The van der Waals surface area contributed by atoms with Crippen LogP contribution in [0.25, 0.3) is 0 Å². The lowest BCUT2D eigenvalue weighted by atomic mass is 10.2. The minimum Gasteiger partial charge on any atom is -0.322 e. The molecular weight excluding hydrogens is 392 g/mol. The van der Waals surface area contributed by atoms with E-state index in [1.54, 1.807) is 19.1 Å². The van der Waals surface area contributed by atoms with Gasteiger partial charge in [0.1, 0.15) is 18.2 Å². The number of rotatable bonds is 5. The van der Waals surface area contributed by atoms with E-state index in [0.29, 0.717) is 10.0 Å². The van der Waals surface area contributed by atoms with Gasteiger partial charge in [0.25, 0.3) is 10.0 Å². The largest absolute Gasteiger partial charge is 0.342 e. The molecule has 1 aromatic heterocycles. The molecule has 1 amide bonds. The highest BCUT2D eigenvalue weighted by atomic mass is 32.2. The molecule has 0 saturated heterocycles. The van der Waals surface area contributed by atoms with Crippen molar-refractivity contribution < 1.29 is 22.0 Å². The summed E-state index contributed by atoms with van der Waals surface area (Å²) in [5.41, 5.74) is -0.352. The maximum atomic E-state index is 13.6. The van der Waals surface area contributed by atoms with Gasteiger partial charge in [-0.15, -0.1) is 0 Å². The molecule has 0 aliphatic heterocycles. The zero-order valence-corrected chi connectivity index (χ0v) is 15.4. The summed E-state index contributed by atoms with van der Waals surface area (Å²) >= 11 is 0. The molecule has 0 atom stereocenters. The Morgan fingerprint density at radius 1 is 1.07 bits per heavy atom. The van der Waals surface area contributed by atoms with Gasteiger partial charge in [-0.25, -0.2) is 22.0 Å². The number of amides is 1. The van der Waals surface area contributed by atoms with Crippen LogP contribution in [0, 0.1) is 18.6 Å². The summed E-state index contributed by atoms with van der Waals surface area (Å²) < 4.78 is 53.1. The van der Waals surface area contributed by atoms with Gasteiger partial charge in [0.05, 0.1) is 10.6 Å². The van der Waals surface area contributed by atoms with Crippen LogP contribution in [0.15, 0.2) is 64.5 Å². The number of carbonyl (C=O) groups is 1. The molecule has 0 bridgehead atoms. The molecule has 7 nitrogen and oxygen atoms in total. The smallest absolute Gasteiger partial charge is 0.322 e. The van der Waals surface area contributed by atoms with E-state index < -0.39 is 39.8 Å². The number of imidazole rings is 1. The minimum absolute atomic E-state index is 0.0733. The monoisotopic (exact) mass is 407 g/mol. The fourth-order valence-electron chi connectivity index (χ4n) is 2.46. The Kier molecular flexibility index (Phi) is 5.14. The molecular formula is C18H15F2N3O4S. The molecule has 0 unspecified atom stereocenters. The second-order valence-electron chi connectivity index (χ2n) is 5.99. The van der Waals surface area contributed by atoms with Crippen LogP contribution in [0.1, 0.15) is 5.56 Å². The molecule has 3 aromatic rings. The first-order valence-corrected chi connectivity index (χ1v) is 9.47. The highest BCUT2D eigenvalue weighted by Gasteiger charge is 2.21. The van der Waals surface area contributed by atoms with Gasteiger partial charge in [-0.2, -0.15) is 3.97 Å². The maximum Gasteiger partial charge on any atom is 0.342 e. The third kappa shape index (κ3) is 3.86. The van der Waals surface area contributed by atoms with Crippen LogP contribution >= 0.6 is 0 Å². The number of nitrogens with one attached hydrogen (secondary N) is 1. The lowest BCUT2D eigenvalue weighted by Crippen LogP contribution is -2.32. The van der Waals surface area contributed by atoms with Crippen molar-refractivity contribution >= 4 is 21.6 Å². The predicted octanol–water partition coefficient (Wildman–Crippen LogP) is 2.11. The number of hydrogen-bond acceptors (Lipinski definition) is 4. The highest BCUT2D eigenvalue weighted by Crippen LogP contribution is 2.15. The Bertz CT molecular complexity index is 1200. The lowest BCUT2D eigenvalue weighted by molar-refractivity contribution is -0.116. The summed E-state index contributed by atoms with van der Waals surface area (Å²) in [7, 11) is -4.12. The van der Waals surface area contributed by atoms with Crippen molar-refractivity contribution in [3.8, 4) is 0 Å². The van der Waals surface area contributed by atoms with E-state index in [2.05, 4.69) is 5.32 Å². The summed E-state index contributed by atoms with van der Waals surface area (Å²) in [6.07, 6.45) is 2.16. The number of aryl methyl sites for hydroxylation is 1. The number of halogens is 2. The van der Waals surface area contributed by atoms with Crippen LogP contribution in [-0.2, 0) is 21.4 Å². The minimum atomic E-state index is -4.12. The summed E-state index contributed by atoms with van der Waals surface area (Å²) in [6, 6.07) is 8.55. The fourth-order valence-corrected chi connectivity index (χ4v) is 3.69. The van der Waals surface area contributed by atoms with E-state index in [1.807, 2.05) is 0 Å². The highest BCUT2D eigenvalue weighted by molar-refractivity contribution is 7.90. The van der Waals surface area contributed by atoms with Gasteiger partial charge in [0.2, 0.25) is 5.91 Å². The van der Waals surface area contributed by atoms with Crippen LogP contribution < -0.4 is 11.0 Å². The molecule has 28 heavy (non-hydrogen) atoms. The number of anilines is 1. The van der Waals surface area contributed by atoms with Gasteiger partial charge < -0.3 is 5.32 Å². The van der Waals surface area contributed by atoms with E-state index in [4.69, 9.17) is 0 Å². The molecule has 0 radical (unpaired) electrons. The molecule has 1 N–H and O–H groups in total. The van der Waals surface area contributed by atoms with Crippen molar-refractivity contribution in [3.05, 3.63) is 82.5 Å². The normalized spacial score (nSPS) is 11.4. The molecule has 0 spiro atoms. The Balaban J connectivity index is 1.82. The number of carbonyl (C=O) groups excluding carboxylic acids is 1. The maximum absolute atomic E-state index is 13.6. The third-order valence-corrected chi connectivity index (χ3v) is 5.58. The van der Waals surface area contributed by atoms with E-state index in [0.717, 1.165) is 34.7 Å². The van der Waals surface area contributed by atoms with Gasteiger partial charge in [-0.05, 0) is 31.2 Å². The second kappa shape index (κ2) is 7.39. The Hall–Kier alpha value is -3.27. The first-order chi connectivity index (χ1) is 13.2. The fraction of sp³-hybridized carbons (Fsp3) is 0.111. The average molecular weight is 407 g/mol. The molecule has 2 aromatic carbocycles. The number of nitrogens with zero attached hydrogens (tertiary/aromatic N) is 2. The zero-order valence-electron chi connectivity index (χ0n) is 14.6. The summed E-state index contributed by atoms with van der Waals surface area (Å²) in [5, 5.41) is 2.20. The van der Waals surface area contributed by atoms with Crippen LogP contribution in [0.3, 0.4) is 0 Å². The van der Waals surface area contributed by atoms with Gasteiger partial charge in [-0.3, -0.25) is 9.36 Å². The topological polar surface area (TPSA) is 90.2 Å². The number of hydrogen-bond donors (Lipinski definition) is 1. The standard InChI is InChI=1S/C18H15F2N3O4S/c1-12-2-5-14(6-3-12)28(26,27)23-9-8-22(18(23)25)11-17(24)21-16-7-4-13(19)10-15(16)20/h2-10H,11H2,1H3,(H,21,24). The van der Waals surface area contributed by atoms with E-state index in [-0.39, 0.29) is 10.6 Å². The Labute approximate surface area is 158 Å². The van der Waals surface area contributed by atoms with Crippen molar-refractivity contribution in [2.75, 3.05) is 5.32 Å². The van der Waals surface area contributed by atoms with Crippen LogP contribution in [0.5, 0.6) is 0 Å². The van der Waals surface area contributed by atoms with Crippen LogP contribution in [-0.4, -0.2) is 22.9 Å². The van der Waals surface area contributed by atoms with Crippen LogP contribution in [0.4, 0.5) is 14.5 Å². The van der Waals surface area contributed by atoms with Crippen molar-refractivity contribution in [2.24, 2.45) is 0 Å². The first-order valence-electron chi connectivity index (χ1n) is 8.03. The van der Waals surface area contributed by atoms with Gasteiger partial charge in [-0.1, -0.05) is 17.7 Å². The molecule has 0 fully saturated rings. The third-order valence-electron chi connectivity index (χ3n) is 3.91. The van der Waals surface area contributed by atoms with Crippen LogP contribution in [0.2, 0.25) is 0 Å². The number of aromatic nitrogens is 2. The Morgan fingerprint density at radius 3 is 2.39 bits per heavy atom. The quantitative estimate of drug-likeness (QED) is 0.702. The molecule has 1 heterocycles. The average Bonchev–Trinajstić information content (AvgIpc) is 2.99. The van der Waals surface area contributed by atoms with Gasteiger partial charge >= 0.3 is 5.69 Å². The molecule has 0 saturated carbocycles. The zero-order chi connectivity index (χ0) is 20.5. The predicted molar refractivity (Wildman–Crippen MR) is 97.4 cm³/mol. The van der Waals surface area contributed by atoms with Crippen molar-refractivity contribution in [3.63, 3.8) is 0 Å². The second-order valence-corrected chi connectivity index (χ2v) is 7.81. The first kappa shape index (κ1) is 19.5. The van der Waals surface area contributed by atoms with Gasteiger partial charge in [0, 0.05) is 18.5 Å². The molecule has 3 rings (SSSR count). The molecule has 146 valence electrons. The van der Waals surface area contributed by atoms with Crippen molar-refractivity contribution in [1.29, 1.82) is 0 Å². The van der Waals surface area contributed by atoms with Crippen molar-refractivity contribution in [2.45, 2.75) is 18.4 Å². The van der Waals surface area contributed by atoms with Gasteiger partial charge in [0.15, 0.2) is 0 Å². The molecule has 0 aliphatic carbocycles. The SMILES string of the molecule is Cc1ccc(S(=O)(=O)n2ccn(CC(=O)Nc3ccc(F)cc3F)c2=O)cc1. The van der Waals surface area contributed by atoms with E-state index >= 15 is 0 Å². The summed E-state index contributed by atoms with van der Waals surface area (Å²) in [4.78, 5) is 24.4. The molecule has 10 heteroatoms. The lowest BCUT2D eigenvalue weighted by Gasteiger charge is -2.07. The van der Waals surface area contributed by atoms with Crippen molar-refractivity contribution in [1.82, 2.24) is 8.54 Å².